The van der Waals surface area contributed by atoms with Crippen molar-refractivity contribution in [3.05, 3.63) is 35.6 Å². The number of hydrogen-bond donors (Lipinski definition) is 0. The van der Waals surface area contributed by atoms with Crippen molar-refractivity contribution in [3.63, 3.8) is 0 Å². The second-order valence-corrected chi connectivity index (χ2v) is 7.44. The van der Waals surface area contributed by atoms with Crippen LogP contribution >= 0.6 is 0 Å². The van der Waals surface area contributed by atoms with Gasteiger partial charge in [0.2, 0.25) is 0 Å². The van der Waals surface area contributed by atoms with Crippen molar-refractivity contribution in [3.8, 4) is 0 Å². The number of piperidine rings is 1. The molecule has 140 valence electrons. The van der Waals surface area contributed by atoms with Gasteiger partial charge in [0.15, 0.2) is 6.10 Å². The molecule has 0 unspecified atom stereocenters. The Labute approximate surface area is 154 Å². The van der Waals surface area contributed by atoms with E-state index in [2.05, 4.69) is 13.8 Å². The van der Waals surface area contributed by atoms with Crippen LogP contribution in [0.5, 0.6) is 0 Å². The molecule has 1 aromatic heterocycles. The number of amides is 1. The molecule has 0 saturated carbocycles. The molecule has 1 aromatic carbocycles. The number of aryl methyl sites for hydroxylation is 1. The zero-order chi connectivity index (χ0) is 18.8. The Bertz CT molecular complexity index is 799. The number of carbonyl (C=O) groups is 2. The highest BCUT2D eigenvalue weighted by molar-refractivity contribution is 5.88. The number of carbonyl (C=O) groups excluding carboxylic acids is 2. The molecule has 0 spiro atoms. The minimum absolute atomic E-state index is 0.0960. The standard InChI is InChI=1S/C21H27NO4/c1-13-8-9-18-17(12-25-19(18)10-13)11-20(23)26-16(4)21(24)22-14(2)6-5-7-15(22)3/h8-10,12,14-16H,5-7,11H2,1-4H3/t14-,15-,16-/m0/s1. The van der Waals surface area contributed by atoms with Crippen LogP contribution in [0.25, 0.3) is 11.0 Å². The van der Waals surface area contributed by atoms with E-state index in [4.69, 9.17) is 9.15 Å². The van der Waals surface area contributed by atoms with Gasteiger partial charge in [0, 0.05) is 23.0 Å². The molecule has 0 radical (unpaired) electrons. The molecular weight excluding hydrogens is 330 g/mol. The highest BCUT2D eigenvalue weighted by Gasteiger charge is 2.33. The first-order valence-corrected chi connectivity index (χ1v) is 9.35. The van der Waals surface area contributed by atoms with Gasteiger partial charge < -0.3 is 14.1 Å². The predicted octanol–water partition coefficient (Wildman–Crippen LogP) is 4.00. The van der Waals surface area contributed by atoms with Crippen LogP contribution in [0.3, 0.4) is 0 Å². The van der Waals surface area contributed by atoms with Crippen molar-refractivity contribution in [2.75, 3.05) is 0 Å². The third kappa shape index (κ3) is 3.76. The molecule has 3 rings (SSSR count). The summed E-state index contributed by atoms with van der Waals surface area (Å²) in [6, 6.07) is 6.25. The Kier molecular flexibility index (Phi) is 5.35. The van der Waals surface area contributed by atoms with E-state index in [0.29, 0.717) is 0 Å². The molecule has 2 aromatic rings. The first-order valence-electron chi connectivity index (χ1n) is 9.35. The van der Waals surface area contributed by atoms with Crippen molar-refractivity contribution in [2.24, 2.45) is 0 Å². The minimum Gasteiger partial charge on any atom is -0.464 e. The van der Waals surface area contributed by atoms with E-state index in [1.54, 1.807) is 13.2 Å². The number of nitrogens with zero attached hydrogens (tertiary/aromatic N) is 1. The maximum absolute atomic E-state index is 12.7. The van der Waals surface area contributed by atoms with E-state index in [9.17, 15) is 9.59 Å². The van der Waals surface area contributed by atoms with E-state index < -0.39 is 12.1 Å². The van der Waals surface area contributed by atoms with Gasteiger partial charge in [-0.3, -0.25) is 9.59 Å². The average molecular weight is 357 g/mol. The van der Waals surface area contributed by atoms with Crippen molar-refractivity contribution in [2.45, 2.75) is 71.6 Å². The lowest BCUT2D eigenvalue weighted by atomic mass is 9.97. The summed E-state index contributed by atoms with van der Waals surface area (Å²) in [5.41, 5.74) is 2.64. The molecule has 1 fully saturated rings. The molecule has 0 bridgehead atoms. The maximum Gasteiger partial charge on any atom is 0.311 e. The fraction of sp³-hybridized carbons (Fsp3) is 0.524. The van der Waals surface area contributed by atoms with Gasteiger partial charge in [-0.15, -0.1) is 0 Å². The molecule has 0 aliphatic carbocycles. The van der Waals surface area contributed by atoms with Gasteiger partial charge in [0.05, 0.1) is 12.7 Å². The quantitative estimate of drug-likeness (QED) is 0.776. The number of furan rings is 1. The lowest BCUT2D eigenvalue weighted by Gasteiger charge is -2.40. The number of rotatable bonds is 4. The molecule has 5 nitrogen and oxygen atoms in total. The lowest BCUT2D eigenvalue weighted by molar-refractivity contribution is -0.161. The third-order valence-electron chi connectivity index (χ3n) is 5.25. The molecule has 2 heterocycles. The van der Waals surface area contributed by atoms with Crippen LogP contribution in [0.15, 0.2) is 28.9 Å². The number of benzene rings is 1. The van der Waals surface area contributed by atoms with Gasteiger partial charge in [-0.05, 0) is 58.6 Å². The first-order chi connectivity index (χ1) is 12.4. The van der Waals surface area contributed by atoms with E-state index in [0.717, 1.165) is 41.4 Å². The summed E-state index contributed by atoms with van der Waals surface area (Å²) >= 11 is 0. The smallest absolute Gasteiger partial charge is 0.311 e. The molecule has 1 aliphatic heterocycles. The van der Waals surface area contributed by atoms with E-state index >= 15 is 0 Å². The van der Waals surface area contributed by atoms with Crippen molar-refractivity contribution in [1.29, 1.82) is 0 Å². The van der Waals surface area contributed by atoms with E-state index in [-0.39, 0.29) is 24.4 Å². The molecule has 26 heavy (non-hydrogen) atoms. The zero-order valence-electron chi connectivity index (χ0n) is 16.0. The number of ether oxygens (including phenoxy) is 1. The van der Waals surface area contributed by atoms with Crippen molar-refractivity contribution in [1.82, 2.24) is 4.90 Å². The molecule has 1 saturated heterocycles. The minimum atomic E-state index is -0.772. The normalized spacial score (nSPS) is 21.6. The second kappa shape index (κ2) is 7.52. The molecule has 1 aliphatic rings. The van der Waals surface area contributed by atoms with Crippen LogP contribution in [-0.2, 0) is 20.7 Å². The van der Waals surface area contributed by atoms with Crippen molar-refractivity contribution >= 4 is 22.8 Å². The maximum atomic E-state index is 12.7. The Morgan fingerprint density at radius 2 is 1.96 bits per heavy atom. The van der Waals surface area contributed by atoms with E-state index in [1.807, 2.05) is 30.0 Å². The number of likely N-dealkylation sites (tertiary alicyclic amines) is 1. The largest absolute Gasteiger partial charge is 0.464 e. The zero-order valence-corrected chi connectivity index (χ0v) is 16.0. The molecular formula is C21H27NO4. The highest BCUT2D eigenvalue weighted by atomic mass is 16.5. The topological polar surface area (TPSA) is 59.8 Å². The monoisotopic (exact) mass is 357 g/mol. The predicted molar refractivity (Wildman–Crippen MR) is 99.8 cm³/mol. The van der Waals surface area contributed by atoms with E-state index in [1.165, 1.54) is 0 Å². The molecule has 1 amide bonds. The lowest BCUT2D eigenvalue weighted by Crippen LogP contribution is -2.51. The van der Waals surface area contributed by atoms with Crippen LogP contribution < -0.4 is 0 Å². The molecule has 0 N–H and O–H groups in total. The summed E-state index contributed by atoms with van der Waals surface area (Å²) in [7, 11) is 0. The van der Waals surface area contributed by atoms with Gasteiger partial charge in [-0.1, -0.05) is 12.1 Å². The Morgan fingerprint density at radius 3 is 2.65 bits per heavy atom. The van der Waals surface area contributed by atoms with Crippen LogP contribution in [0.1, 0.15) is 51.2 Å². The van der Waals surface area contributed by atoms with Gasteiger partial charge in [-0.2, -0.15) is 0 Å². The Balaban J connectivity index is 1.64. The number of hydrogen-bond acceptors (Lipinski definition) is 4. The fourth-order valence-corrected chi connectivity index (χ4v) is 3.84. The summed E-state index contributed by atoms with van der Waals surface area (Å²) in [5, 5.41) is 0.907. The first kappa shape index (κ1) is 18.5. The summed E-state index contributed by atoms with van der Waals surface area (Å²) in [6.07, 6.45) is 4.04. The SMILES string of the molecule is Cc1ccc2c(CC(=O)O[C@@H](C)C(=O)N3[C@@H](C)CCC[C@@H]3C)coc2c1. The third-order valence-corrected chi connectivity index (χ3v) is 5.25. The van der Waals surface area contributed by atoms with Crippen LogP contribution in [0, 0.1) is 6.92 Å². The van der Waals surface area contributed by atoms with Crippen molar-refractivity contribution < 1.29 is 18.7 Å². The number of esters is 1. The van der Waals surface area contributed by atoms with Gasteiger partial charge in [0.25, 0.3) is 5.91 Å². The van der Waals surface area contributed by atoms with Gasteiger partial charge in [-0.25, -0.2) is 0 Å². The van der Waals surface area contributed by atoms with Crippen LogP contribution in [0.4, 0.5) is 0 Å². The summed E-state index contributed by atoms with van der Waals surface area (Å²) < 4.78 is 11.0. The van der Waals surface area contributed by atoms with Crippen LogP contribution in [-0.4, -0.2) is 35.0 Å². The molecule has 3 atom stereocenters. The Morgan fingerprint density at radius 1 is 1.27 bits per heavy atom. The summed E-state index contributed by atoms with van der Waals surface area (Å²) in [4.78, 5) is 27.0. The number of fused-ring (bicyclic) bond motifs is 1. The van der Waals surface area contributed by atoms with Gasteiger partial charge in [0.1, 0.15) is 5.58 Å². The van der Waals surface area contributed by atoms with Gasteiger partial charge >= 0.3 is 5.97 Å². The summed E-state index contributed by atoms with van der Waals surface area (Å²) in [5.74, 6) is -0.517. The highest BCUT2D eigenvalue weighted by Crippen LogP contribution is 2.25. The molecule has 5 heteroatoms. The average Bonchev–Trinajstić information content (AvgIpc) is 2.96. The Hall–Kier alpha value is -2.30. The fourth-order valence-electron chi connectivity index (χ4n) is 3.84. The summed E-state index contributed by atoms with van der Waals surface area (Å²) in [6.45, 7) is 7.76. The van der Waals surface area contributed by atoms with Crippen LogP contribution in [0.2, 0.25) is 0 Å². The second-order valence-electron chi connectivity index (χ2n) is 7.44.